The fourth-order valence-electron chi connectivity index (χ4n) is 3.25. The van der Waals surface area contributed by atoms with Crippen LogP contribution >= 0.6 is 0 Å². The Morgan fingerprint density at radius 3 is 2.62 bits per heavy atom. The highest BCUT2D eigenvalue weighted by Crippen LogP contribution is 2.39. The number of carbonyl (C=O) groups is 1. The third-order valence-electron chi connectivity index (χ3n) is 4.68. The van der Waals surface area contributed by atoms with E-state index >= 15 is 0 Å². The summed E-state index contributed by atoms with van der Waals surface area (Å²) in [6.45, 7) is 5.09. The summed E-state index contributed by atoms with van der Waals surface area (Å²) in [5.41, 5.74) is 0.932. The number of ether oxygens (including phenoxy) is 2. The second-order valence-corrected chi connectivity index (χ2v) is 6.51. The first-order chi connectivity index (χ1) is 13.8. The van der Waals surface area contributed by atoms with Crippen LogP contribution in [0.25, 0.3) is 16.7 Å². The fourth-order valence-corrected chi connectivity index (χ4v) is 3.25. The molecule has 0 saturated heterocycles. The minimum Gasteiger partial charge on any atom is -0.493 e. The van der Waals surface area contributed by atoms with Gasteiger partial charge in [0, 0.05) is 10.9 Å². The zero-order valence-electron chi connectivity index (χ0n) is 16.5. The van der Waals surface area contributed by atoms with E-state index in [0.717, 1.165) is 0 Å². The van der Waals surface area contributed by atoms with Gasteiger partial charge in [-0.25, -0.2) is 4.98 Å². The summed E-state index contributed by atoms with van der Waals surface area (Å²) in [4.78, 5) is 34.1. The van der Waals surface area contributed by atoms with E-state index in [2.05, 4.69) is 20.4 Å². The lowest BCUT2D eigenvalue weighted by atomic mass is 10.1. The molecule has 10 heteroatoms. The van der Waals surface area contributed by atoms with Crippen molar-refractivity contribution in [3.8, 4) is 11.5 Å². The van der Waals surface area contributed by atoms with Crippen LogP contribution in [0.15, 0.2) is 21.3 Å². The number of aryl methyl sites for hydroxylation is 3. The minimum absolute atomic E-state index is 0.0422. The molecule has 2 N–H and O–H groups in total. The summed E-state index contributed by atoms with van der Waals surface area (Å²) in [7, 11) is 3.01. The van der Waals surface area contributed by atoms with Gasteiger partial charge in [0.2, 0.25) is 5.75 Å². The molecule has 3 aromatic heterocycles. The van der Waals surface area contributed by atoms with Gasteiger partial charge in [-0.05, 0) is 32.9 Å². The lowest BCUT2D eigenvalue weighted by Crippen LogP contribution is -2.25. The molecule has 0 unspecified atom stereocenters. The molecule has 0 aliphatic heterocycles. The first-order valence-electron chi connectivity index (χ1n) is 8.77. The van der Waals surface area contributed by atoms with Gasteiger partial charge in [0.1, 0.15) is 11.5 Å². The quantitative estimate of drug-likeness (QED) is 0.542. The van der Waals surface area contributed by atoms with Crippen molar-refractivity contribution >= 4 is 28.3 Å². The Morgan fingerprint density at radius 2 is 1.93 bits per heavy atom. The van der Waals surface area contributed by atoms with Gasteiger partial charge in [0.05, 0.1) is 19.9 Å². The van der Waals surface area contributed by atoms with E-state index in [1.54, 1.807) is 32.9 Å². The topological polar surface area (TPSA) is 124 Å². The Labute approximate surface area is 164 Å². The summed E-state index contributed by atoms with van der Waals surface area (Å²) in [6.07, 6.45) is 0. The van der Waals surface area contributed by atoms with Crippen molar-refractivity contribution < 1.29 is 18.7 Å². The highest BCUT2D eigenvalue weighted by Gasteiger charge is 2.24. The number of hydrogen-bond donors (Lipinski definition) is 2. The van der Waals surface area contributed by atoms with E-state index < -0.39 is 11.5 Å². The number of hydrogen-bond acceptors (Lipinski definition) is 7. The molecule has 3 heterocycles. The van der Waals surface area contributed by atoms with Crippen LogP contribution in [0.1, 0.15) is 27.6 Å². The maximum Gasteiger partial charge on any atom is 0.298 e. The average molecular weight is 397 g/mol. The van der Waals surface area contributed by atoms with Crippen molar-refractivity contribution in [1.82, 2.24) is 19.6 Å². The number of aromatic amines is 1. The van der Waals surface area contributed by atoms with Gasteiger partial charge in [-0.1, -0.05) is 0 Å². The second-order valence-electron chi connectivity index (χ2n) is 6.51. The molecule has 0 bridgehead atoms. The van der Waals surface area contributed by atoms with Gasteiger partial charge in [-0.2, -0.15) is 9.50 Å². The highest BCUT2D eigenvalue weighted by molar-refractivity contribution is 6.07. The molecule has 29 heavy (non-hydrogen) atoms. The molecule has 4 rings (SSSR count). The molecule has 10 nitrogen and oxygen atoms in total. The molecule has 0 radical (unpaired) electrons. The van der Waals surface area contributed by atoms with Crippen molar-refractivity contribution in [3.05, 3.63) is 45.3 Å². The molecule has 150 valence electrons. The summed E-state index contributed by atoms with van der Waals surface area (Å²) >= 11 is 0. The number of amides is 1. The minimum atomic E-state index is -0.571. The summed E-state index contributed by atoms with van der Waals surface area (Å²) < 4.78 is 17.6. The Bertz CT molecular complexity index is 1330. The van der Waals surface area contributed by atoms with Crippen molar-refractivity contribution in [2.45, 2.75) is 20.8 Å². The molecule has 1 aromatic carbocycles. The number of nitrogens with zero attached hydrogens (tertiary/aromatic N) is 3. The van der Waals surface area contributed by atoms with Crippen LogP contribution in [-0.4, -0.2) is 39.7 Å². The van der Waals surface area contributed by atoms with Gasteiger partial charge >= 0.3 is 0 Å². The van der Waals surface area contributed by atoms with Gasteiger partial charge in [0.25, 0.3) is 17.2 Å². The maximum atomic E-state index is 12.9. The molecule has 0 spiro atoms. The Morgan fingerprint density at radius 1 is 1.17 bits per heavy atom. The van der Waals surface area contributed by atoms with Crippen molar-refractivity contribution in [1.29, 1.82) is 0 Å². The predicted molar refractivity (Wildman–Crippen MR) is 105 cm³/mol. The van der Waals surface area contributed by atoms with Crippen LogP contribution in [0.2, 0.25) is 0 Å². The SMILES string of the molecule is COc1ccc2c(C)c(C(=O)Nc3c(C)nc4nc(C)[nH]n4c3=O)oc2c1OC. The van der Waals surface area contributed by atoms with Crippen LogP contribution in [0, 0.1) is 20.8 Å². The molecule has 1 amide bonds. The fraction of sp³-hybridized carbons (Fsp3) is 0.263. The number of methoxy groups -OCH3 is 2. The standard InChI is InChI=1S/C19H19N5O5/c1-8-11-6-7-12(27-4)16(28-5)15(11)29-14(8)17(25)22-13-9(2)20-19-21-10(3)23-24(19)18(13)26/h6-7H,1-5H3,(H,22,25)(H,20,21,23). The van der Waals surface area contributed by atoms with E-state index in [0.29, 0.717) is 39.6 Å². The predicted octanol–water partition coefficient (Wildman–Crippen LogP) is 2.36. The van der Waals surface area contributed by atoms with Crippen LogP contribution in [0.4, 0.5) is 5.69 Å². The highest BCUT2D eigenvalue weighted by atomic mass is 16.5. The number of H-pyrrole nitrogens is 1. The number of furan rings is 1. The lowest BCUT2D eigenvalue weighted by molar-refractivity contribution is 0.0997. The Hall–Kier alpha value is -3.82. The molecule has 0 aliphatic carbocycles. The zero-order chi connectivity index (χ0) is 20.9. The number of fused-ring (bicyclic) bond motifs is 2. The first kappa shape index (κ1) is 18.5. The summed E-state index contributed by atoms with van der Waals surface area (Å²) in [6, 6.07) is 3.52. The zero-order valence-corrected chi connectivity index (χ0v) is 16.5. The molecular formula is C19H19N5O5. The van der Waals surface area contributed by atoms with Crippen LogP contribution < -0.4 is 20.3 Å². The van der Waals surface area contributed by atoms with E-state index in [-0.39, 0.29) is 17.2 Å². The molecule has 4 aromatic rings. The summed E-state index contributed by atoms with van der Waals surface area (Å²) in [5.74, 6) is 1.14. The Kier molecular flexibility index (Phi) is 4.26. The van der Waals surface area contributed by atoms with Crippen molar-refractivity contribution in [2.75, 3.05) is 19.5 Å². The number of rotatable bonds is 4. The van der Waals surface area contributed by atoms with Crippen molar-refractivity contribution in [3.63, 3.8) is 0 Å². The Balaban J connectivity index is 1.80. The van der Waals surface area contributed by atoms with Gasteiger partial charge in [-0.15, -0.1) is 0 Å². The number of nitrogens with one attached hydrogen (secondary N) is 2. The normalized spacial score (nSPS) is 11.2. The average Bonchev–Trinajstić information content (AvgIpc) is 3.23. The largest absolute Gasteiger partial charge is 0.493 e. The smallest absolute Gasteiger partial charge is 0.298 e. The molecule has 0 atom stereocenters. The van der Waals surface area contributed by atoms with E-state index in [9.17, 15) is 9.59 Å². The van der Waals surface area contributed by atoms with Crippen LogP contribution in [0.5, 0.6) is 11.5 Å². The molecule has 0 fully saturated rings. The van der Waals surface area contributed by atoms with E-state index in [1.807, 2.05) is 0 Å². The van der Waals surface area contributed by atoms with Gasteiger partial charge in [0.15, 0.2) is 17.1 Å². The first-order valence-corrected chi connectivity index (χ1v) is 8.77. The van der Waals surface area contributed by atoms with Gasteiger partial charge < -0.3 is 19.2 Å². The van der Waals surface area contributed by atoms with E-state index in [4.69, 9.17) is 13.9 Å². The summed E-state index contributed by atoms with van der Waals surface area (Å²) in [5, 5.41) is 6.12. The van der Waals surface area contributed by atoms with E-state index in [1.165, 1.54) is 18.7 Å². The van der Waals surface area contributed by atoms with Crippen LogP contribution in [-0.2, 0) is 0 Å². The number of anilines is 1. The monoisotopic (exact) mass is 397 g/mol. The van der Waals surface area contributed by atoms with Crippen molar-refractivity contribution in [2.24, 2.45) is 0 Å². The van der Waals surface area contributed by atoms with Crippen LogP contribution in [0.3, 0.4) is 0 Å². The third-order valence-corrected chi connectivity index (χ3v) is 4.68. The maximum absolute atomic E-state index is 12.9. The lowest BCUT2D eigenvalue weighted by Gasteiger charge is -2.07. The number of benzene rings is 1. The van der Waals surface area contributed by atoms with Gasteiger partial charge in [-0.3, -0.25) is 14.7 Å². The number of carbonyl (C=O) groups excluding carboxylic acids is 1. The second kappa shape index (κ2) is 6.66. The molecule has 0 saturated carbocycles. The number of aromatic nitrogens is 4. The molecule has 0 aliphatic rings. The molecular weight excluding hydrogens is 378 g/mol. The third kappa shape index (κ3) is 2.80.